The average molecular weight is 366 g/mol. The van der Waals surface area contributed by atoms with Gasteiger partial charge in [0.1, 0.15) is 10.5 Å². The highest BCUT2D eigenvalue weighted by Gasteiger charge is 2.30. The summed E-state index contributed by atoms with van der Waals surface area (Å²) >= 11 is 5.81. The molecule has 0 aromatic heterocycles. The Balaban J connectivity index is 3.31. The van der Waals surface area contributed by atoms with Crippen molar-refractivity contribution in [3.63, 3.8) is 0 Å². The molecule has 0 radical (unpaired) electrons. The third-order valence-electron chi connectivity index (χ3n) is 3.61. The number of carbonyl (C=O) groups is 1. The van der Waals surface area contributed by atoms with Crippen LogP contribution in [-0.4, -0.2) is 43.9 Å². The van der Waals surface area contributed by atoms with E-state index in [1.54, 1.807) is 13.8 Å². The van der Waals surface area contributed by atoms with Gasteiger partial charge in [-0.15, -0.1) is 0 Å². The first-order valence-electron chi connectivity index (χ1n) is 6.75. The van der Waals surface area contributed by atoms with Crippen LogP contribution in [0.1, 0.15) is 31.1 Å². The van der Waals surface area contributed by atoms with Crippen LogP contribution in [0.3, 0.4) is 0 Å². The topological polar surface area (TPSA) is 113 Å². The molecule has 3 N–H and O–H groups in total. The molecule has 0 amide bonds. The lowest BCUT2D eigenvalue weighted by Crippen LogP contribution is -2.44. The van der Waals surface area contributed by atoms with Crippen LogP contribution < -0.4 is 9.46 Å². The first-order valence-corrected chi connectivity index (χ1v) is 8.61. The summed E-state index contributed by atoms with van der Waals surface area (Å²) in [6, 6.07) is 2.20. The van der Waals surface area contributed by atoms with Crippen molar-refractivity contribution in [2.75, 3.05) is 13.7 Å². The Morgan fingerprint density at radius 3 is 2.43 bits per heavy atom. The minimum Gasteiger partial charge on any atom is -0.494 e. The Morgan fingerprint density at radius 1 is 1.43 bits per heavy atom. The number of ether oxygens (including phenoxy) is 1. The van der Waals surface area contributed by atoms with Gasteiger partial charge in [-0.3, -0.25) is 0 Å². The fourth-order valence-corrected chi connectivity index (χ4v) is 3.30. The molecule has 1 aromatic rings. The van der Waals surface area contributed by atoms with E-state index < -0.39 is 26.5 Å². The van der Waals surface area contributed by atoms with E-state index in [0.717, 1.165) is 12.1 Å². The molecule has 0 saturated carbocycles. The van der Waals surface area contributed by atoms with Crippen LogP contribution in [0.2, 0.25) is 5.02 Å². The second kappa shape index (κ2) is 7.04. The molecule has 0 aliphatic heterocycles. The second-order valence-electron chi connectivity index (χ2n) is 5.63. The number of carboxylic acids is 1. The van der Waals surface area contributed by atoms with Crippen molar-refractivity contribution in [3.8, 4) is 5.75 Å². The molecule has 0 spiro atoms. The van der Waals surface area contributed by atoms with Gasteiger partial charge in [0.15, 0.2) is 5.75 Å². The monoisotopic (exact) mass is 365 g/mol. The predicted octanol–water partition coefficient (Wildman–Crippen LogP) is 1.73. The average Bonchev–Trinajstić information content (AvgIpc) is 2.44. The van der Waals surface area contributed by atoms with Gasteiger partial charge in [0, 0.05) is 11.6 Å². The molecule has 23 heavy (non-hydrogen) atoms. The Kier molecular flexibility index (Phi) is 6.03. The van der Waals surface area contributed by atoms with Crippen LogP contribution in [0.4, 0.5) is 0 Å². The zero-order valence-electron chi connectivity index (χ0n) is 13.3. The van der Waals surface area contributed by atoms with E-state index in [1.807, 2.05) is 0 Å². The van der Waals surface area contributed by atoms with Crippen molar-refractivity contribution in [2.24, 2.45) is 5.92 Å². The summed E-state index contributed by atoms with van der Waals surface area (Å²) in [6.45, 7) is 4.75. The van der Waals surface area contributed by atoms with Crippen molar-refractivity contribution >= 4 is 27.6 Å². The molecule has 1 atom stereocenters. The number of methoxy groups -OCH3 is 1. The van der Waals surface area contributed by atoms with Gasteiger partial charge in [-0.05, 0) is 25.0 Å². The van der Waals surface area contributed by atoms with Gasteiger partial charge < -0.3 is 14.9 Å². The molecule has 1 aromatic carbocycles. The molecule has 0 fully saturated rings. The van der Waals surface area contributed by atoms with E-state index in [9.17, 15) is 18.3 Å². The molecule has 0 aliphatic rings. The maximum atomic E-state index is 12.5. The summed E-state index contributed by atoms with van der Waals surface area (Å²) in [4.78, 5) is 10.8. The van der Waals surface area contributed by atoms with Crippen molar-refractivity contribution in [1.29, 1.82) is 0 Å². The van der Waals surface area contributed by atoms with E-state index in [-0.39, 0.29) is 28.8 Å². The molecule has 0 aliphatic carbocycles. The normalized spacial score (nSPS) is 14.6. The van der Waals surface area contributed by atoms with E-state index >= 15 is 0 Å². The summed E-state index contributed by atoms with van der Waals surface area (Å²) in [7, 11) is -2.97. The van der Waals surface area contributed by atoms with E-state index in [4.69, 9.17) is 21.4 Å². The van der Waals surface area contributed by atoms with Gasteiger partial charge in [0.25, 0.3) is 0 Å². The molecule has 9 heteroatoms. The highest BCUT2D eigenvalue weighted by atomic mass is 35.5. The lowest BCUT2D eigenvalue weighted by Gasteiger charge is -2.27. The quantitative estimate of drug-likeness (QED) is 0.678. The predicted molar refractivity (Wildman–Crippen MR) is 85.6 cm³/mol. The van der Waals surface area contributed by atoms with Gasteiger partial charge in [-0.1, -0.05) is 25.4 Å². The summed E-state index contributed by atoms with van der Waals surface area (Å²) in [5.41, 5.74) is -1.63. The van der Waals surface area contributed by atoms with E-state index in [2.05, 4.69) is 4.72 Å². The fraction of sp³-hybridized carbons (Fsp3) is 0.500. The highest BCUT2D eigenvalue weighted by Crippen LogP contribution is 2.32. The molecular weight excluding hydrogens is 346 g/mol. The lowest BCUT2D eigenvalue weighted by atomic mass is 9.93. The molecule has 1 rings (SSSR count). The first kappa shape index (κ1) is 19.7. The SMILES string of the molecule is COc1c(C(=O)O)cc(Cl)cc1S(=O)(=O)NCC(C)(O)C(C)C. The number of hydrogen-bond acceptors (Lipinski definition) is 5. The summed E-state index contributed by atoms with van der Waals surface area (Å²) < 4.78 is 32.1. The summed E-state index contributed by atoms with van der Waals surface area (Å²) in [5.74, 6) is -1.88. The maximum absolute atomic E-state index is 12.5. The number of sulfonamides is 1. The lowest BCUT2D eigenvalue weighted by molar-refractivity contribution is 0.0190. The van der Waals surface area contributed by atoms with E-state index in [0.29, 0.717) is 0 Å². The fourth-order valence-electron chi connectivity index (χ4n) is 1.66. The minimum atomic E-state index is -4.13. The molecule has 0 bridgehead atoms. The van der Waals surface area contributed by atoms with Gasteiger partial charge in [0.2, 0.25) is 10.0 Å². The largest absolute Gasteiger partial charge is 0.494 e. The standard InChI is InChI=1S/C14H20ClNO6S/c1-8(2)14(3,19)7-16-23(20,21)11-6-9(15)5-10(13(17)18)12(11)22-4/h5-6,8,16,19H,7H2,1-4H3,(H,17,18). The molecule has 7 nitrogen and oxygen atoms in total. The van der Waals surface area contributed by atoms with Crippen LogP contribution in [0.15, 0.2) is 17.0 Å². The maximum Gasteiger partial charge on any atom is 0.339 e. The van der Waals surface area contributed by atoms with Gasteiger partial charge >= 0.3 is 5.97 Å². The number of carboxylic acid groups (broad SMARTS) is 1. The van der Waals surface area contributed by atoms with Crippen molar-refractivity contribution < 1.29 is 28.2 Å². The number of hydrogen-bond donors (Lipinski definition) is 3. The molecule has 130 valence electrons. The number of rotatable bonds is 7. The van der Waals surface area contributed by atoms with Crippen LogP contribution in [-0.2, 0) is 10.0 Å². The third-order valence-corrected chi connectivity index (χ3v) is 5.23. The minimum absolute atomic E-state index is 0.0563. The Morgan fingerprint density at radius 2 is 2.00 bits per heavy atom. The zero-order valence-corrected chi connectivity index (χ0v) is 14.8. The zero-order chi connectivity index (χ0) is 18.0. The van der Waals surface area contributed by atoms with Crippen LogP contribution in [0.5, 0.6) is 5.75 Å². The molecule has 1 unspecified atom stereocenters. The number of benzene rings is 1. The van der Waals surface area contributed by atoms with Crippen molar-refractivity contribution in [2.45, 2.75) is 31.3 Å². The van der Waals surface area contributed by atoms with Crippen molar-refractivity contribution in [1.82, 2.24) is 4.72 Å². The summed E-state index contributed by atoms with van der Waals surface area (Å²) in [5, 5.41) is 19.2. The molecule has 0 saturated heterocycles. The third kappa shape index (κ3) is 4.57. The highest BCUT2D eigenvalue weighted by molar-refractivity contribution is 7.89. The summed E-state index contributed by atoms with van der Waals surface area (Å²) in [6.07, 6.45) is 0. The first-order chi connectivity index (χ1) is 10.4. The van der Waals surface area contributed by atoms with Gasteiger partial charge in [-0.2, -0.15) is 0 Å². The Hall–Kier alpha value is -1.35. The molecular formula is C14H20ClNO6S. The van der Waals surface area contributed by atoms with Crippen molar-refractivity contribution in [3.05, 3.63) is 22.7 Å². The van der Waals surface area contributed by atoms with Gasteiger partial charge in [0.05, 0.1) is 12.7 Å². The Labute approximate surface area is 140 Å². The molecule has 0 heterocycles. The Bertz CT molecular complexity index is 699. The smallest absolute Gasteiger partial charge is 0.339 e. The van der Waals surface area contributed by atoms with E-state index in [1.165, 1.54) is 14.0 Å². The number of aromatic carboxylic acids is 1. The number of nitrogens with one attached hydrogen (secondary N) is 1. The van der Waals surface area contributed by atoms with Crippen LogP contribution in [0, 0.1) is 5.92 Å². The number of halogens is 1. The number of aliphatic hydroxyl groups is 1. The second-order valence-corrected chi connectivity index (χ2v) is 7.80. The van der Waals surface area contributed by atoms with Gasteiger partial charge in [-0.25, -0.2) is 17.9 Å². The van der Waals surface area contributed by atoms with Crippen LogP contribution in [0.25, 0.3) is 0 Å². The van der Waals surface area contributed by atoms with Crippen LogP contribution >= 0.6 is 11.6 Å².